The summed E-state index contributed by atoms with van der Waals surface area (Å²) in [4.78, 5) is 0. The number of benzene rings is 3. The van der Waals surface area contributed by atoms with Crippen LogP contribution < -0.4 is 10.2 Å². The Morgan fingerprint density at radius 2 is 1.67 bits per heavy atom. The highest BCUT2D eigenvalue weighted by molar-refractivity contribution is 6.37. The Morgan fingerprint density at radius 3 is 2.27 bits per heavy atom. The van der Waals surface area contributed by atoms with E-state index in [9.17, 15) is 13.2 Å². The second-order valence-corrected chi connectivity index (χ2v) is 7.35. The number of hydrogen-bond acceptors (Lipinski definition) is 3. The number of ether oxygens (including phenoxy) is 1. The van der Waals surface area contributed by atoms with Gasteiger partial charge in [-0.1, -0.05) is 53.0 Å². The quantitative estimate of drug-likeness (QED) is 0.313. The molecule has 0 aliphatic rings. The standard InChI is InChI=1S/C22H17Cl2F3N2O/c1-14-3-2-4-15(9-14)13-30-21-19(23)10-16(11-20(21)24)12-28-29-18-7-5-17(6-8-18)22(25,26)27/h2-12,29H,13H2,1H3/b28-12+. The van der Waals surface area contributed by atoms with E-state index in [2.05, 4.69) is 10.5 Å². The topological polar surface area (TPSA) is 33.6 Å². The van der Waals surface area contributed by atoms with Gasteiger partial charge in [0.15, 0.2) is 5.75 Å². The lowest BCUT2D eigenvalue weighted by Gasteiger charge is -2.11. The van der Waals surface area contributed by atoms with E-state index >= 15 is 0 Å². The van der Waals surface area contributed by atoms with Crippen LogP contribution in [0.1, 0.15) is 22.3 Å². The first-order valence-corrected chi connectivity index (χ1v) is 9.62. The van der Waals surface area contributed by atoms with Gasteiger partial charge in [0.1, 0.15) is 6.61 Å². The van der Waals surface area contributed by atoms with Gasteiger partial charge in [-0.2, -0.15) is 18.3 Å². The fourth-order valence-electron chi connectivity index (χ4n) is 2.66. The summed E-state index contributed by atoms with van der Waals surface area (Å²) in [5, 5.41) is 4.65. The van der Waals surface area contributed by atoms with E-state index in [4.69, 9.17) is 27.9 Å². The van der Waals surface area contributed by atoms with Crippen molar-refractivity contribution >= 4 is 35.1 Å². The molecule has 0 aromatic heterocycles. The Morgan fingerprint density at radius 1 is 1.00 bits per heavy atom. The maximum absolute atomic E-state index is 12.6. The van der Waals surface area contributed by atoms with Crippen molar-refractivity contribution < 1.29 is 17.9 Å². The maximum atomic E-state index is 12.6. The van der Waals surface area contributed by atoms with Crippen LogP contribution in [0.15, 0.2) is 65.8 Å². The third-order valence-electron chi connectivity index (χ3n) is 4.11. The van der Waals surface area contributed by atoms with Crippen molar-refractivity contribution in [1.82, 2.24) is 0 Å². The molecule has 0 aliphatic heterocycles. The van der Waals surface area contributed by atoms with Crippen LogP contribution in [0.4, 0.5) is 18.9 Å². The first-order chi connectivity index (χ1) is 14.2. The lowest BCUT2D eigenvalue weighted by molar-refractivity contribution is -0.137. The third kappa shape index (κ3) is 5.90. The summed E-state index contributed by atoms with van der Waals surface area (Å²) in [5.74, 6) is 0.368. The molecule has 3 aromatic carbocycles. The van der Waals surface area contributed by atoms with Crippen molar-refractivity contribution in [2.24, 2.45) is 5.10 Å². The van der Waals surface area contributed by atoms with Gasteiger partial charge in [-0.25, -0.2) is 0 Å². The SMILES string of the molecule is Cc1cccc(COc2c(Cl)cc(/C=N/Nc3ccc(C(F)(F)F)cc3)cc2Cl)c1. The second kappa shape index (κ2) is 9.41. The fraction of sp³-hybridized carbons (Fsp3) is 0.136. The first-order valence-electron chi connectivity index (χ1n) is 8.86. The predicted octanol–water partition coefficient (Wildman–Crippen LogP) is 7.35. The predicted molar refractivity (Wildman–Crippen MR) is 115 cm³/mol. The van der Waals surface area contributed by atoms with E-state index < -0.39 is 11.7 Å². The highest BCUT2D eigenvalue weighted by atomic mass is 35.5. The van der Waals surface area contributed by atoms with Crippen molar-refractivity contribution in [1.29, 1.82) is 0 Å². The highest BCUT2D eigenvalue weighted by Crippen LogP contribution is 2.34. The maximum Gasteiger partial charge on any atom is 0.416 e. The van der Waals surface area contributed by atoms with Crippen LogP contribution in [-0.4, -0.2) is 6.21 Å². The van der Waals surface area contributed by atoms with Gasteiger partial charge in [0, 0.05) is 0 Å². The third-order valence-corrected chi connectivity index (χ3v) is 4.67. The largest absolute Gasteiger partial charge is 0.486 e. The lowest BCUT2D eigenvalue weighted by Crippen LogP contribution is -2.04. The zero-order valence-corrected chi connectivity index (χ0v) is 17.3. The van der Waals surface area contributed by atoms with Gasteiger partial charge in [-0.15, -0.1) is 0 Å². The van der Waals surface area contributed by atoms with Crippen LogP contribution in [0.3, 0.4) is 0 Å². The van der Waals surface area contributed by atoms with Crippen molar-refractivity contribution in [3.63, 3.8) is 0 Å². The molecule has 0 atom stereocenters. The molecule has 8 heteroatoms. The van der Waals surface area contributed by atoms with Crippen LogP contribution in [-0.2, 0) is 12.8 Å². The Kier molecular flexibility index (Phi) is 6.90. The van der Waals surface area contributed by atoms with Gasteiger partial charge < -0.3 is 4.74 Å². The molecule has 3 nitrogen and oxygen atoms in total. The molecule has 3 aromatic rings. The molecule has 0 bridgehead atoms. The van der Waals surface area contributed by atoms with Crippen molar-refractivity contribution in [2.75, 3.05) is 5.43 Å². The highest BCUT2D eigenvalue weighted by Gasteiger charge is 2.29. The Balaban J connectivity index is 1.64. The number of alkyl halides is 3. The van der Waals surface area contributed by atoms with Crippen molar-refractivity contribution in [2.45, 2.75) is 19.7 Å². The van der Waals surface area contributed by atoms with E-state index in [1.807, 2.05) is 31.2 Å². The van der Waals surface area contributed by atoms with E-state index in [1.165, 1.54) is 18.3 Å². The number of aryl methyl sites for hydroxylation is 1. The van der Waals surface area contributed by atoms with Crippen LogP contribution in [0.2, 0.25) is 10.0 Å². The zero-order valence-electron chi connectivity index (χ0n) is 15.8. The summed E-state index contributed by atoms with van der Waals surface area (Å²) in [5.41, 5.74) is 5.07. The van der Waals surface area contributed by atoms with E-state index in [-0.39, 0.29) is 0 Å². The summed E-state index contributed by atoms with van der Waals surface area (Å²) < 4.78 is 43.5. The Labute approximate surface area is 182 Å². The molecular weight excluding hydrogens is 436 g/mol. The summed E-state index contributed by atoms with van der Waals surface area (Å²) >= 11 is 12.6. The molecule has 156 valence electrons. The summed E-state index contributed by atoms with van der Waals surface area (Å²) in [6.45, 7) is 2.32. The molecule has 30 heavy (non-hydrogen) atoms. The summed E-state index contributed by atoms with van der Waals surface area (Å²) in [6, 6.07) is 15.7. The van der Waals surface area contributed by atoms with Gasteiger partial charge in [0.05, 0.1) is 27.5 Å². The zero-order chi connectivity index (χ0) is 21.7. The Hall–Kier alpha value is -2.70. The number of hydrogen-bond donors (Lipinski definition) is 1. The normalized spacial score (nSPS) is 11.7. The molecule has 0 radical (unpaired) electrons. The molecule has 1 N–H and O–H groups in total. The molecule has 0 fully saturated rings. The van der Waals surface area contributed by atoms with Crippen molar-refractivity contribution in [3.05, 3.63) is 93.0 Å². The Bertz CT molecular complexity index is 1030. The van der Waals surface area contributed by atoms with E-state index in [1.54, 1.807) is 12.1 Å². The number of rotatable bonds is 6. The average Bonchev–Trinajstić information content (AvgIpc) is 2.67. The minimum absolute atomic E-state index is 0.323. The summed E-state index contributed by atoms with van der Waals surface area (Å²) in [7, 11) is 0. The van der Waals surface area contributed by atoms with Crippen LogP contribution in [0.5, 0.6) is 5.75 Å². The van der Waals surface area contributed by atoms with Crippen LogP contribution in [0, 0.1) is 6.92 Å². The van der Waals surface area contributed by atoms with Crippen LogP contribution in [0.25, 0.3) is 0 Å². The van der Waals surface area contributed by atoms with Gasteiger partial charge in [-0.3, -0.25) is 5.43 Å². The van der Waals surface area contributed by atoms with Crippen molar-refractivity contribution in [3.8, 4) is 5.75 Å². The molecule has 0 unspecified atom stereocenters. The molecule has 0 spiro atoms. The van der Waals surface area contributed by atoms with E-state index in [0.29, 0.717) is 33.7 Å². The number of nitrogens with one attached hydrogen (secondary N) is 1. The smallest absolute Gasteiger partial charge is 0.416 e. The lowest BCUT2D eigenvalue weighted by atomic mass is 10.1. The average molecular weight is 453 g/mol. The number of nitrogens with zero attached hydrogens (tertiary/aromatic N) is 1. The molecule has 0 saturated heterocycles. The minimum Gasteiger partial charge on any atom is -0.486 e. The molecule has 0 amide bonds. The number of halogens is 5. The van der Waals surface area contributed by atoms with Gasteiger partial charge in [0.2, 0.25) is 0 Å². The first kappa shape index (κ1) is 22.0. The van der Waals surface area contributed by atoms with Gasteiger partial charge in [-0.05, 0) is 54.4 Å². The minimum atomic E-state index is -4.38. The van der Waals surface area contributed by atoms with E-state index in [0.717, 1.165) is 23.3 Å². The van der Waals surface area contributed by atoms with Gasteiger partial charge in [0.25, 0.3) is 0 Å². The summed E-state index contributed by atoms with van der Waals surface area (Å²) in [6.07, 6.45) is -2.92. The van der Waals surface area contributed by atoms with Crippen LogP contribution >= 0.6 is 23.2 Å². The molecule has 0 saturated carbocycles. The monoisotopic (exact) mass is 452 g/mol. The number of anilines is 1. The molecular formula is C22H17Cl2F3N2O. The number of hydrazone groups is 1. The molecule has 3 rings (SSSR count). The van der Waals surface area contributed by atoms with Gasteiger partial charge >= 0.3 is 6.18 Å². The molecule has 0 heterocycles. The fourth-order valence-corrected chi connectivity index (χ4v) is 3.28. The second-order valence-electron chi connectivity index (χ2n) is 6.54. The molecule has 0 aliphatic carbocycles.